The van der Waals surface area contributed by atoms with Crippen LogP contribution in [0.4, 0.5) is 17.3 Å². The molecule has 0 aliphatic carbocycles. The molecule has 27 heavy (non-hydrogen) atoms. The smallest absolute Gasteiger partial charge is 0.288 e. The van der Waals surface area contributed by atoms with Gasteiger partial charge in [-0.3, -0.25) is 4.79 Å². The second-order valence-electron chi connectivity index (χ2n) is 6.41. The first-order valence-electron chi connectivity index (χ1n) is 8.79. The normalized spacial score (nSPS) is 16.9. The topological polar surface area (TPSA) is 115 Å². The molecule has 1 aliphatic heterocycles. The van der Waals surface area contributed by atoms with Crippen LogP contribution in [-0.4, -0.2) is 43.7 Å². The van der Waals surface area contributed by atoms with Crippen molar-refractivity contribution in [3.63, 3.8) is 0 Å². The minimum Gasteiger partial charge on any atom is -0.363 e. The van der Waals surface area contributed by atoms with Gasteiger partial charge in [-0.2, -0.15) is 0 Å². The van der Waals surface area contributed by atoms with Crippen LogP contribution in [0.2, 0.25) is 0 Å². The van der Waals surface area contributed by atoms with Crippen molar-refractivity contribution in [1.29, 1.82) is 0 Å². The minimum atomic E-state index is -0.617. The third-order valence-electron chi connectivity index (χ3n) is 4.52. The number of anilines is 3. The van der Waals surface area contributed by atoms with Crippen LogP contribution in [0.25, 0.3) is 0 Å². The lowest BCUT2D eigenvalue weighted by Gasteiger charge is -2.33. The fraction of sp³-hybridized carbons (Fsp3) is 0.278. The highest BCUT2D eigenvalue weighted by atomic mass is 16.1. The molecule has 0 bridgehead atoms. The molecule has 1 unspecified atom stereocenters. The number of hydrogen-bond donors (Lipinski definition) is 2. The lowest BCUT2D eigenvalue weighted by atomic mass is 10.1. The average molecular weight is 364 g/mol. The summed E-state index contributed by atoms with van der Waals surface area (Å²) in [5.41, 5.74) is 6.22. The minimum absolute atomic E-state index is 0.0449. The van der Waals surface area contributed by atoms with E-state index in [1.807, 2.05) is 36.4 Å². The summed E-state index contributed by atoms with van der Waals surface area (Å²) >= 11 is 0. The Morgan fingerprint density at radius 3 is 2.81 bits per heavy atom. The van der Waals surface area contributed by atoms with Crippen LogP contribution in [0.15, 0.2) is 49.1 Å². The number of nitrogens with zero attached hydrogens (tertiary/aromatic N) is 6. The standard InChI is InChI=1S/C18H20N8O/c19-17(27)18-22-12-26(24-18)14-7-4-8-25(10-14)16-9-15(20-11-21-16)23-13-5-2-1-3-6-13/h1-3,5-6,9,11-12,14H,4,7-8,10H2,(H2,19,27)(H,20,21,23). The van der Waals surface area contributed by atoms with E-state index < -0.39 is 5.91 Å². The lowest BCUT2D eigenvalue weighted by Crippen LogP contribution is -2.37. The van der Waals surface area contributed by atoms with Gasteiger partial charge in [0.1, 0.15) is 24.3 Å². The lowest BCUT2D eigenvalue weighted by molar-refractivity contribution is 0.0990. The number of rotatable bonds is 5. The van der Waals surface area contributed by atoms with Gasteiger partial charge >= 0.3 is 0 Å². The van der Waals surface area contributed by atoms with Crippen molar-refractivity contribution < 1.29 is 4.79 Å². The molecule has 1 atom stereocenters. The van der Waals surface area contributed by atoms with Crippen LogP contribution < -0.4 is 16.0 Å². The number of primary amides is 1. The van der Waals surface area contributed by atoms with Gasteiger partial charge in [-0.15, -0.1) is 5.10 Å². The van der Waals surface area contributed by atoms with Crippen LogP contribution in [0.3, 0.4) is 0 Å². The zero-order valence-corrected chi connectivity index (χ0v) is 14.7. The van der Waals surface area contributed by atoms with Crippen LogP contribution in [0.5, 0.6) is 0 Å². The van der Waals surface area contributed by atoms with Gasteiger partial charge in [0, 0.05) is 24.8 Å². The predicted molar refractivity (Wildman–Crippen MR) is 101 cm³/mol. The quantitative estimate of drug-likeness (QED) is 0.709. The number of nitrogens with one attached hydrogen (secondary N) is 1. The Morgan fingerprint density at radius 2 is 2.04 bits per heavy atom. The SMILES string of the molecule is NC(=O)c1ncn(C2CCCN(c3cc(Nc4ccccc4)ncn3)C2)n1. The molecule has 3 heterocycles. The molecular weight excluding hydrogens is 344 g/mol. The van der Waals surface area contributed by atoms with Crippen molar-refractivity contribution in [1.82, 2.24) is 24.7 Å². The summed E-state index contributed by atoms with van der Waals surface area (Å²) in [7, 11) is 0. The molecule has 1 fully saturated rings. The van der Waals surface area contributed by atoms with Gasteiger partial charge in [-0.25, -0.2) is 19.6 Å². The number of benzene rings is 1. The zero-order chi connectivity index (χ0) is 18.6. The number of para-hydroxylation sites is 1. The molecule has 3 N–H and O–H groups in total. The first-order valence-corrected chi connectivity index (χ1v) is 8.79. The van der Waals surface area contributed by atoms with Gasteiger partial charge in [0.15, 0.2) is 0 Å². The second kappa shape index (κ2) is 7.40. The van der Waals surface area contributed by atoms with E-state index in [0.29, 0.717) is 0 Å². The molecule has 4 rings (SSSR count). The molecule has 9 nitrogen and oxygen atoms in total. The van der Waals surface area contributed by atoms with Gasteiger partial charge in [-0.05, 0) is 25.0 Å². The second-order valence-corrected chi connectivity index (χ2v) is 6.41. The molecule has 0 radical (unpaired) electrons. The van der Waals surface area contributed by atoms with Gasteiger partial charge in [0.05, 0.1) is 6.04 Å². The van der Waals surface area contributed by atoms with Crippen LogP contribution in [0, 0.1) is 0 Å². The van der Waals surface area contributed by atoms with Crippen molar-refractivity contribution in [3.8, 4) is 0 Å². The fourth-order valence-corrected chi connectivity index (χ4v) is 3.20. The summed E-state index contributed by atoms with van der Waals surface area (Å²) in [4.78, 5) is 26.1. The van der Waals surface area contributed by atoms with Gasteiger partial charge in [0.25, 0.3) is 5.91 Å². The Labute approximate surface area is 156 Å². The van der Waals surface area contributed by atoms with Crippen molar-refractivity contribution in [2.24, 2.45) is 5.73 Å². The predicted octanol–water partition coefficient (Wildman–Crippen LogP) is 1.75. The van der Waals surface area contributed by atoms with E-state index in [2.05, 4.69) is 30.3 Å². The van der Waals surface area contributed by atoms with E-state index in [0.717, 1.165) is 43.3 Å². The van der Waals surface area contributed by atoms with Crippen LogP contribution in [0.1, 0.15) is 29.5 Å². The van der Waals surface area contributed by atoms with E-state index in [4.69, 9.17) is 5.73 Å². The Bertz CT molecular complexity index is 926. The van der Waals surface area contributed by atoms with Crippen molar-refractivity contribution in [3.05, 3.63) is 54.9 Å². The van der Waals surface area contributed by atoms with Crippen LogP contribution >= 0.6 is 0 Å². The van der Waals surface area contributed by atoms with Crippen molar-refractivity contribution in [2.75, 3.05) is 23.3 Å². The highest BCUT2D eigenvalue weighted by Gasteiger charge is 2.24. The summed E-state index contributed by atoms with van der Waals surface area (Å²) < 4.78 is 1.72. The molecule has 2 aromatic heterocycles. The highest BCUT2D eigenvalue weighted by molar-refractivity contribution is 5.88. The van der Waals surface area contributed by atoms with Gasteiger partial charge in [0.2, 0.25) is 5.82 Å². The maximum atomic E-state index is 11.2. The van der Waals surface area contributed by atoms with E-state index in [9.17, 15) is 4.79 Å². The first-order chi connectivity index (χ1) is 13.2. The Kier molecular flexibility index (Phi) is 4.65. The maximum Gasteiger partial charge on any atom is 0.288 e. The van der Waals surface area contributed by atoms with Crippen molar-refractivity contribution in [2.45, 2.75) is 18.9 Å². The molecule has 0 spiro atoms. The number of carbonyl (C=O) groups excluding carboxylic acids is 1. The first kappa shape index (κ1) is 17.0. The van der Waals surface area contributed by atoms with Gasteiger partial charge < -0.3 is 16.0 Å². The largest absolute Gasteiger partial charge is 0.363 e. The van der Waals surface area contributed by atoms with E-state index >= 15 is 0 Å². The average Bonchev–Trinajstić information content (AvgIpc) is 3.20. The molecule has 1 amide bonds. The molecule has 1 saturated heterocycles. The van der Waals surface area contributed by atoms with E-state index in [1.54, 1.807) is 17.3 Å². The Balaban J connectivity index is 1.49. The summed E-state index contributed by atoms with van der Waals surface area (Å²) in [5.74, 6) is 1.02. The molecule has 1 aromatic carbocycles. The molecule has 1 aliphatic rings. The number of piperidine rings is 1. The summed E-state index contributed by atoms with van der Waals surface area (Å²) in [6, 6.07) is 11.9. The molecule has 138 valence electrons. The Hall–Kier alpha value is -3.49. The number of carbonyl (C=O) groups is 1. The molecule has 0 saturated carbocycles. The number of nitrogens with two attached hydrogens (primary N) is 1. The van der Waals surface area contributed by atoms with Crippen LogP contribution in [-0.2, 0) is 0 Å². The third kappa shape index (κ3) is 3.86. The zero-order valence-electron chi connectivity index (χ0n) is 14.7. The van der Waals surface area contributed by atoms with E-state index in [-0.39, 0.29) is 11.9 Å². The van der Waals surface area contributed by atoms with Gasteiger partial charge in [-0.1, -0.05) is 18.2 Å². The monoisotopic (exact) mass is 364 g/mol. The number of amides is 1. The third-order valence-corrected chi connectivity index (χ3v) is 4.52. The highest BCUT2D eigenvalue weighted by Crippen LogP contribution is 2.26. The number of aromatic nitrogens is 5. The summed E-state index contributed by atoms with van der Waals surface area (Å²) in [6.07, 6.45) is 5.07. The summed E-state index contributed by atoms with van der Waals surface area (Å²) in [6.45, 7) is 1.62. The van der Waals surface area contributed by atoms with Crippen molar-refractivity contribution >= 4 is 23.2 Å². The molecular formula is C18H20N8O. The maximum absolute atomic E-state index is 11.2. The summed E-state index contributed by atoms with van der Waals surface area (Å²) in [5, 5.41) is 7.48. The Morgan fingerprint density at radius 1 is 1.19 bits per heavy atom. The molecule has 9 heteroatoms. The van der Waals surface area contributed by atoms with E-state index in [1.165, 1.54) is 0 Å². The molecule has 3 aromatic rings. The fourth-order valence-electron chi connectivity index (χ4n) is 3.20. The number of hydrogen-bond acceptors (Lipinski definition) is 7.